The fraction of sp³-hybridized carbons (Fsp3) is 0.455. The van der Waals surface area contributed by atoms with Crippen molar-refractivity contribution in [1.82, 2.24) is 10.4 Å². The minimum atomic E-state index is -0.878. The fourth-order valence-corrected chi connectivity index (χ4v) is 2.89. The number of carbonyl (C=O) groups excluding carboxylic acids is 2. The number of hydroxylamine groups is 2. The minimum Gasteiger partial charge on any atom is -0.499 e. The summed E-state index contributed by atoms with van der Waals surface area (Å²) in [6.07, 6.45) is 0.701. The highest BCUT2D eigenvalue weighted by atomic mass is 32.1. The quantitative estimate of drug-likeness (QED) is 0.735. The molecule has 0 unspecified atom stereocenters. The molecular formula is C11H12N2O4S. The Morgan fingerprint density at radius 1 is 1.56 bits per heavy atom. The number of piperidine rings is 1. The van der Waals surface area contributed by atoms with Gasteiger partial charge in [-0.3, -0.25) is 14.9 Å². The van der Waals surface area contributed by atoms with Crippen LogP contribution in [0.2, 0.25) is 0 Å². The number of nitrogens with one attached hydrogen (secondary N) is 1. The van der Waals surface area contributed by atoms with E-state index in [1.54, 1.807) is 12.3 Å². The van der Waals surface area contributed by atoms with Crippen LogP contribution in [0.5, 0.6) is 10.8 Å². The number of thiophene rings is 1. The molecule has 0 aliphatic carbocycles. The third kappa shape index (κ3) is 1.51. The molecule has 18 heavy (non-hydrogen) atoms. The van der Waals surface area contributed by atoms with Crippen LogP contribution >= 0.6 is 11.3 Å². The number of imide groups is 1. The number of nitrogens with zero attached hydrogens (tertiary/aromatic N) is 1. The normalized spacial score (nSPS) is 27.8. The maximum atomic E-state index is 12.0. The fourth-order valence-electron chi connectivity index (χ4n) is 2.18. The van der Waals surface area contributed by atoms with Gasteiger partial charge in [-0.2, -0.15) is 0 Å². The first-order valence-electron chi connectivity index (χ1n) is 5.60. The number of carbonyl (C=O) groups is 2. The highest BCUT2D eigenvalue weighted by Gasteiger charge is 2.48. The van der Waals surface area contributed by atoms with Gasteiger partial charge in [0.25, 0.3) is 0 Å². The van der Waals surface area contributed by atoms with E-state index in [-0.39, 0.29) is 16.9 Å². The van der Waals surface area contributed by atoms with Crippen LogP contribution in [-0.2, 0) is 16.1 Å². The van der Waals surface area contributed by atoms with Crippen molar-refractivity contribution < 1.29 is 19.5 Å². The highest BCUT2D eigenvalue weighted by molar-refractivity contribution is 7.12. The Morgan fingerprint density at radius 3 is 3.00 bits per heavy atom. The first-order chi connectivity index (χ1) is 8.50. The first-order valence-corrected chi connectivity index (χ1v) is 6.48. The predicted molar refractivity (Wildman–Crippen MR) is 62.9 cm³/mol. The second kappa shape index (κ2) is 3.69. The van der Waals surface area contributed by atoms with E-state index in [1.807, 2.05) is 0 Å². The molecule has 0 bridgehead atoms. The number of fused-ring (bicyclic) bond motifs is 1. The van der Waals surface area contributed by atoms with Gasteiger partial charge in [-0.1, -0.05) is 0 Å². The number of hydrogen-bond donors (Lipinski definition) is 2. The molecule has 1 saturated heterocycles. The molecule has 0 aromatic carbocycles. The summed E-state index contributed by atoms with van der Waals surface area (Å²) in [5.74, 6) is -0.0239. The van der Waals surface area contributed by atoms with Crippen LogP contribution in [0.1, 0.15) is 25.3 Å². The Morgan fingerprint density at radius 2 is 2.33 bits per heavy atom. The molecule has 3 rings (SSSR count). The van der Waals surface area contributed by atoms with E-state index in [0.717, 1.165) is 0 Å². The summed E-state index contributed by atoms with van der Waals surface area (Å²) >= 11 is 1.20. The van der Waals surface area contributed by atoms with Crippen molar-refractivity contribution in [2.24, 2.45) is 0 Å². The molecule has 1 aromatic heterocycles. The SMILES string of the molecule is C[C@@]1(N2Cc3c(csc3O)O2)CCC(=O)NC1=O. The topological polar surface area (TPSA) is 78.9 Å². The summed E-state index contributed by atoms with van der Waals surface area (Å²) in [6.45, 7) is 2.09. The van der Waals surface area contributed by atoms with E-state index >= 15 is 0 Å². The van der Waals surface area contributed by atoms with Gasteiger partial charge in [-0.15, -0.1) is 16.4 Å². The third-order valence-electron chi connectivity index (χ3n) is 3.47. The first kappa shape index (κ1) is 11.5. The Kier molecular flexibility index (Phi) is 2.36. The summed E-state index contributed by atoms with van der Waals surface area (Å²) in [5, 5.41) is 15.4. The summed E-state index contributed by atoms with van der Waals surface area (Å²) in [5.41, 5.74) is -0.178. The lowest BCUT2D eigenvalue weighted by Crippen LogP contribution is -2.60. The average Bonchev–Trinajstić information content (AvgIpc) is 2.88. The van der Waals surface area contributed by atoms with Crippen LogP contribution in [0.25, 0.3) is 0 Å². The Balaban J connectivity index is 1.85. The molecule has 2 amide bonds. The van der Waals surface area contributed by atoms with Crippen molar-refractivity contribution in [2.75, 3.05) is 0 Å². The number of hydrogen-bond acceptors (Lipinski definition) is 6. The van der Waals surface area contributed by atoms with Crippen LogP contribution < -0.4 is 10.2 Å². The van der Waals surface area contributed by atoms with Crippen molar-refractivity contribution >= 4 is 23.2 Å². The molecular weight excluding hydrogens is 256 g/mol. The van der Waals surface area contributed by atoms with Crippen molar-refractivity contribution in [3.8, 4) is 10.8 Å². The van der Waals surface area contributed by atoms with Crippen LogP contribution in [0, 0.1) is 0 Å². The van der Waals surface area contributed by atoms with Crippen molar-refractivity contribution in [1.29, 1.82) is 0 Å². The maximum absolute atomic E-state index is 12.0. The lowest BCUT2D eigenvalue weighted by atomic mass is 9.90. The largest absolute Gasteiger partial charge is 0.499 e. The van der Waals surface area contributed by atoms with Crippen molar-refractivity contribution in [3.05, 3.63) is 10.9 Å². The van der Waals surface area contributed by atoms with Gasteiger partial charge < -0.3 is 9.94 Å². The van der Waals surface area contributed by atoms with Crippen molar-refractivity contribution in [2.45, 2.75) is 31.8 Å². The second-order valence-electron chi connectivity index (χ2n) is 4.66. The zero-order valence-electron chi connectivity index (χ0n) is 9.73. The van der Waals surface area contributed by atoms with Gasteiger partial charge in [0.2, 0.25) is 11.8 Å². The van der Waals surface area contributed by atoms with Crippen LogP contribution in [-0.4, -0.2) is 27.5 Å². The van der Waals surface area contributed by atoms with E-state index in [2.05, 4.69) is 5.32 Å². The number of amides is 2. The molecule has 2 aliphatic heterocycles. The Hall–Kier alpha value is -1.60. The van der Waals surface area contributed by atoms with E-state index in [1.165, 1.54) is 16.4 Å². The van der Waals surface area contributed by atoms with Gasteiger partial charge in [0.15, 0.2) is 10.8 Å². The van der Waals surface area contributed by atoms with E-state index in [4.69, 9.17) is 4.84 Å². The molecule has 2 aliphatic rings. The summed E-state index contributed by atoms with van der Waals surface area (Å²) in [4.78, 5) is 28.7. The molecule has 1 atom stereocenters. The van der Waals surface area contributed by atoms with Gasteiger partial charge >= 0.3 is 0 Å². The van der Waals surface area contributed by atoms with Crippen molar-refractivity contribution in [3.63, 3.8) is 0 Å². The van der Waals surface area contributed by atoms with Gasteiger partial charge in [-0.05, 0) is 13.3 Å². The average molecular weight is 268 g/mol. The predicted octanol–water partition coefficient (Wildman–Crippen LogP) is 0.758. The molecule has 1 aromatic rings. The second-order valence-corrected chi connectivity index (χ2v) is 5.52. The molecule has 7 heteroatoms. The molecule has 96 valence electrons. The smallest absolute Gasteiger partial charge is 0.250 e. The molecule has 0 saturated carbocycles. The van der Waals surface area contributed by atoms with Gasteiger partial charge in [0, 0.05) is 11.8 Å². The zero-order chi connectivity index (χ0) is 12.9. The molecule has 0 radical (unpaired) electrons. The summed E-state index contributed by atoms with van der Waals surface area (Å²) < 4.78 is 0. The van der Waals surface area contributed by atoms with Gasteiger partial charge in [-0.25, -0.2) is 0 Å². The Bertz CT molecular complexity index is 541. The summed E-state index contributed by atoms with van der Waals surface area (Å²) in [7, 11) is 0. The molecule has 6 nitrogen and oxygen atoms in total. The van der Waals surface area contributed by atoms with Crippen LogP contribution in [0.4, 0.5) is 0 Å². The van der Waals surface area contributed by atoms with E-state index in [0.29, 0.717) is 30.7 Å². The monoisotopic (exact) mass is 268 g/mol. The molecule has 0 spiro atoms. The molecule has 3 heterocycles. The molecule has 2 N–H and O–H groups in total. The van der Waals surface area contributed by atoms with Gasteiger partial charge in [0.1, 0.15) is 5.54 Å². The Labute approximate surface area is 107 Å². The van der Waals surface area contributed by atoms with E-state index < -0.39 is 5.54 Å². The number of rotatable bonds is 1. The lowest BCUT2D eigenvalue weighted by molar-refractivity contribution is -0.169. The molecule has 1 fully saturated rings. The minimum absolute atomic E-state index is 0.211. The maximum Gasteiger partial charge on any atom is 0.250 e. The standard InChI is InChI=1S/C11H12N2O4S/c1-11(3-2-8(14)12-10(11)16)13-4-6-7(17-13)5-18-9(6)15/h5,15H,2-4H2,1H3,(H,12,14,16)/t11-/m1/s1. The summed E-state index contributed by atoms with van der Waals surface area (Å²) in [6, 6.07) is 0. The zero-order valence-corrected chi connectivity index (χ0v) is 10.5. The van der Waals surface area contributed by atoms with Crippen LogP contribution in [0.15, 0.2) is 5.38 Å². The third-order valence-corrected chi connectivity index (χ3v) is 4.28. The number of aromatic hydroxyl groups is 1. The van der Waals surface area contributed by atoms with Gasteiger partial charge in [0.05, 0.1) is 12.1 Å². The van der Waals surface area contributed by atoms with E-state index in [9.17, 15) is 14.7 Å². The highest BCUT2D eigenvalue weighted by Crippen LogP contribution is 2.43. The lowest BCUT2D eigenvalue weighted by Gasteiger charge is -2.37. The van der Waals surface area contributed by atoms with Crippen LogP contribution in [0.3, 0.4) is 0 Å².